The fourth-order valence-electron chi connectivity index (χ4n) is 2.99. The molecule has 1 amide bonds. The predicted molar refractivity (Wildman–Crippen MR) is 95.2 cm³/mol. The molecule has 1 fully saturated rings. The van der Waals surface area contributed by atoms with E-state index in [1.807, 2.05) is 26.0 Å². The molecule has 2 rings (SSSR count). The Morgan fingerprint density at radius 1 is 1.08 bits per heavy atom. The first-order valence-corrected chi connectivity index (χ1v) is 10.2. The van der Waals surface area contributed by atoms with Crippen LogP contribution in [-0.2, 0) is 21.2 Å². The second kappa shape index (κ2) is 8.12. The van der Waals surface area contributed by atoms with Crippen LogP contribution >= 0.6 is 0 Å². The summed E-state index contributed by atoms with van der Waals surface area (Å²) in [6, 6.07) is 7.18. The summed E-state index contributed by atoms with van der Waals surface area (Å²) in [5, 5.41) is 0. The minimum absolute atomic E-state index is 0.0562. The highest BCUT2D eigenvalue weighted by Gasteiger charge is 2.28. The molecule has 1 saturated heterocycles. The summed E-state index contributed by atoms with van der Waals surface area (Å²) >= 11 is 0. The van der Waals surface area contributed by atoms with Crippen LogP contribution < -0.4 is 0 Å². The van der Waals surface area contributed by atoms with Gasteiger partial charge < -0.3 is 4.90 Å². The Labute approximate surface area is 145 Å². The van der Waals surface area contributed by atoms with E-state index in [1.165, 1.54) is 4.31 Å². The van der Waals surface area contributed by atoms with Gasteiger partial charge in [0.15, 0.2) is 0 Å². The number of sulfonamides is 1. The summed E-state index contributed by atoms with van der Waals surface area (Å²) in [5.74, 6) is 0.0393. The number of nitrogens with zero attached hydrogens (tertiary/aromatic N) is 2. The first-order chi connectivity index (χ1) is 11.4. The topological polar surface area (TPSA) is 57.7 Å². The number of amides is 1. The number of hydrogen-bond acceptors (Lipinski definition) is 3. The summed E-state index contributed by atoms with van der Waals surface area (Å²) < 4.78 is 27.2. The summed E-state index contributed by atoms with van der Waals surface area (Å²) in [4.78, 5) is 14.3. The molecule has 5 nitrogen and oxygen atoms in total. The van der Waals surface area contributed by atoms with Gasteiger partial charge in [0.25, 0.3) is 0 Å². The van der Waals surface area contributed by atoms with Crippen LogP contribution in [0.4, 0.5) is 0 Å². The lowest BCUT2D eigenvalue weighted by Crippen LogP contribution is -2.38. The maximum atomic E-state index is 12.8. The van der Waals surface area contributed by atoms with Gasteiger partial charge in [-0.3, -0.25) is 4.79 Å². The maximum Gasteiger partial charge on any atom is 0.243 e. The SMILES string of the molecule is CCCc1ccc(S(=O)(=O)N2CCCN(C(=O)C(C)C)CC2)cc1. The third-order valence-electron chi connectivity index (χ3n) is 4.36. The zero-order valence-electron chi connectivity index (χ0n) is 14.9. The number of carbonyl (C=O) groups is 1. The first kappa shape index (κ1) is 18.9. The van der Waals surface area contributed by atoms with Crippen molar-refractivity contribution in [1.82, 2.24) is 9.21 Å². The van der Waals surface area contributed by atoms with E-state index < -0.39 is 10.0 Å². The summed E-state index contributed by atoms with van der Waals surface area (Å²) in [7, 11) is -3.49. The van der Waals surface area contributed by atoms with Gasteiger partial charge in [-0.15, -0.1) is 0 Å². The zero-order chi connectivity index (χ0) is 17.7. The second-order valence-electron chi connectivity index (χ2n) is 6.63. The molecule has 1 aromatic carbocycles. The van der Waals surface area contributed by atoms with E-state index in [9.17, 15) is 13.2 Å². The molecular formula is C18H28N2O3S. The quantitative estimate of drug-likeness (QED) is 0.818. The predicted octanol–water partition coefficient (Wildman–Crippen LogP) is 2.52. The van der Waals surface area contributed by atoms with E-state index >= 15 is 0 Å². The molecule has 1 aliphatic heterocycles. The molecule has 0 aromatic heterocycles. The first-order valence-electron chi connectivity index (χ1n) is 8.74. The van der Waals surface area contributed by atoms with Gasteiger partial charge in [-0.05, 0) is 30.5 Å². The van der Waals surface area contributed by atoms with E-state index in [1.54, 1.807) is 17.0 Å². The molecule has 1 aromatic rings. The van der Waals surface area contributed by atoms with Crippen molar-refractivity contribution in [2.24, 2.45) is 5.92 Å². The molecule has 24 heavy (non-hydrogen) atoms. The number of rotatable bonds is 5. The standard InChI is InChI=1S/C18H28N2O3S/c1-4-6-16-7-9-17(10-8-16)24(22,23)20-12-5-11-19(13-14-20)18(21)15(2)3/h7-10,15H,4-6,11-14H2,1-3H3. The van der Waals surface area contributed by atoms with E-state index in [-0.39, 0.29) is 11.8 Å². The van der Waals surface area contributed by atoms with Gasteiger partial charge >= 0.3 is 0 Å². The highest BCUT2D eigenvalue weighted by molar-refractivity contribution is 7.89. The number of benzene rings is 1. The normalized spacial score (nSPS) is 17.1. The number of aryl methyl sites for hydroxylation is 1. The molecule has 0 atom stereocenters. The van der Waals surface area contributed by atoms with Crippen molar-refractivity contribution >= 4 is 15.9 Å². The minimum Gasteiger partial charge on any atom is -0.341 e. The summed E-state index contributed by atoms with van der Waals surface area (Å²) in [6.45, 7) is 7.76. The van der Waals surface area contributed by atoms with Crippen LogP contribution in [0.5, 0.6) is 0 Å². The third kappa shape index (κ3) is 4.36. The average Bonchev–Trinajstić information content (AvgIpc) is 2.81. The van der Waals surface area contributed by atoms with Crippen molar-refractivity contribution in [3.05, 3.63) is 29.8 Å². The molecule has 0 aliphatic carbocycles. The Morgan fingerprint density at radius 3 is 2.33 bits per heavy atom. The van der Waals surface area contributed by atoms with E-state index in [2.05, 4.69) is 6.92 Å². The van der Waals surface area contributed by atoms with Gasteiger partial charge in [0.1, 0.15) is 0 Å². The Kier molecular flexibility index (Phi) is 6.40. The fourth-order valence-corrected chi connectivity index (χ4v) is 4.46. The van der Waals surface area contributed by atoms with Crippen LogP contribution in [0.2, 0.25) is 0 Å². The molecule has 1 aliphatic rings. The summed E-state index contributed by atoms with van der Waals surface area (Å²) in [5.41, 5.74) is 1.15. The average molecular weight is 353 g/mol. The number of hydrogen-bond donors (Lipinski definition) is 0. The molecule has 0 spiro atoms. The Hall–Kier alpha value is -1.40. The molecule has 0 radical (unpaired) electrons. The van der Waals surface area contributed by atoms with Crippen LogP contribution in [0, 0.1) is 5.92 Å². The molecular weight excluding hydrogens is 324 g/mol. The zero-order valence-corrected chi connectivity index (χ0v) is 15.7. The van der Waals surface area contributed by atoms with Crippen LogP contribution in [0.15, 0.2) is 29.2 Å². The summed E-state index contributed by atoms with van der Waals surface area (Å²) in [6.07, 6.45) is 2.67. The van der Waals surface area contributed by atoms with Gasteiger partial charge in [0.2, 0.25) is 15.9 Å². The monoisotopic (exact) mass is 352 g/mol. The van der Waals surface area contributed by atoms with Crippen LogP contribution in [0.3, 0.4) is 0 Å². The van der Waals surface area contributed by atoms with Crippen LogP contribution in [0.25, 0.3) is 0 Å². The van der Waals surface area contributed by atoms with Gasteiger partial charge in [0.05, 0.1) is 4.90 Å². The highest BCUT2D eigenvalue weighted by atomic mass is 32.2. The van der Waals surface area contributed by atoms with Gasteiger partial charge in [-0.1, -0.05) is 39.3 Å². The largest absolute Gasteiger partial charge is 0.341 e. The van der Waals surface area contributed by atoms with Crippen LogP contribution in [0.1, 0.15) is 39.2 Å². The van der Waals surface area contributed by atoms with Crippen molar-refractivity contribution in [2.75, 3.05) is 26.2 Å². The van der Waals surface area contributed by atoms with E-state index in [0.29, 0.717) is 37.5 Å². The van der Waals surface area contributed by atoms with Crippen molar-refractivity contribution in [1.29, 1.82) is 0 Å². The fraction of sp³-hybridized carbons (Fsp3) is 0.611. The smallest absolute Gasteiger partial charge is 0.243 e. The lowest BCUT2D eigenvalue weighted by atomic mass is 10.1. The minimum atomic E-state index is -3.49. The maximum absolute atomic E-state index is 12.8. The molecule has 0 unspecified atom stereocenters. The van der Waals surface area contributed by atoms with Crippen LogP contribution in [-0.4, -0.2) is 49.7 Å². The van der Waals surface area contributed by atoms with E-state index in [4.69, 9.17) is 0 Å². The van der Waals surface area contributed by atoms with Gasteiger partial charge in [0, 0.05) is 32.1 Å². The lowest BCUT2D eigenvalue weighted by Gasteiger charge is -2.23. The molecule has 0 saturated carbocycles. The molecule has 6 heteroatoms. The van der Waals surface area contributed by atoms with Crippen molar-refractivity contribution < 1.29 is 13.2 Å². The highest BCUT2D eigenvalue weighted by Crippen LogP contribution is 2.19. The Bertz CT molecular complexity index is 653. The van der Waals surface area contributed by atoms with Crippen molar-refractivity contribution in [3.63, 3.8) is 0 Å². The molecule has 0 bridgehead atoms. The molecule has 0 N–H and O–H groups in total. The Balaban J connectivity index is 2.10. The van der Waals surface area contributed by atoms with Crippen molar-refractivity contribution in [2.45, 2.75) is 44.9 Å². The molecule has 1 heterocycles. The second-order valence-corrected chi connectivity index (χ2v) is 8.57. The Morgan fingerprint density at radius 2 is 1.75 bits per heavy atom. The van der Waals surface area contributed by atoms with Crippen molar-refractivity contribution in [3.8, 4) is 0 Å². The van der Waals surface area contributed by atoms with Gasteiger partial charge in [-0.2, -0.15) is 4.31 Å². The van der Waals surface area contributed by atoms with E-state index in [0.717, 1.165) is 18.4 Å². The lowest BCUT2D eigenvalue weighted by molar-refractivity contribution is -0.134. The molecule has 134 valence electrons. The third-order valence-corrected chi connectivity index (χ3v) is 6.27. The number of carbonyl (C=O) groups excluding carboxylic acids is 1. The van der Waals surface area contributed by atoms with Gasteiger partial charge in [-0.25, -0.2) is 8.42 Å².